The average Bonchev–Trinajstić information content (AvgIpc) is 3.53. The molecule has 0 aliphatic carbocycles. The first-order valence-electron chi connectivity index (χ1n) is 12.9. The molecule has 6 rings (SSSR count). The van der Waals surface area contributed by atoms with Gasteiger partial charge in [-0.15, -0.1) is 22.7 Å². The van der Waals surface area contributed by atoms with Crippen molar-refractivity contribution >= 4 is 78.4 Å². The third kappa shape index (κ3) is 4.40. The Morgan fingerprint density at radius 2 is 1.08 bits per heavy atom. The van der Waals surface area contributed by atoms with Crippen molar-refractivity contribution in [3.05, 3.63) is 46.2 Å². The maximum absolute atomic E-state index is 5.08. The molecule has 0 saturated heterocycles. The molecule has 0 N–H and O–H groups in total. The third-order valence-electron chi connectivity index (χ3n) is 6.73. The molecule has 2 aromatic carbocycles. The number of thioether (sulfide) groups is 2. The van der Waals surface area contributed by atoms with Gasteiger partial charge >= 0.3 is 0 Å². The van der Waals surface area contributed by atoms with Crippen molar-refractivity contribution in [3.8, 4) is 20.9 Å². The van der Waals surface area contributed by atoms with E-state index in [0.717, 1.165) is 34.3 Å². The van der Waals surface area contributed by atoms with Crippen LogP contribution in [0.2, 0.25) is 0 Å². The number of rotatable bonds is 8. The maximum atomic E-state index is 5.08. The Kier molecular flexibility index (Phi) is 6.89. The molecule has 36 heavy (non-hydrogen) atoms. The molecule has 6 heteroatoms. The molecule has 0 amide bonds. The minimum absolute atomic E-state index is 1.10. The summed E-state index contributed by atoms with van der Waals surface area (Å²) in [7, 11) is 0. The van der Waals surface area contributed by atoms with Crippen molar-refractivity contribution in [2.24, 2.45) is 9.98 Å². The monoisotopic (exact) mass is 546 g/mol. The topological polar surface area (TPSA) is 24.7 Å². The van der Waals surface area contributed by atoms with Crippen LogP contribution in [0.25, 0.3) is 31.7 Å². The molecule has 4 aromatic rings. The van der Waals surface area contributed by atoms with Crippen molar-refractivity contribution < 1.29 is 0 Å². The Bertz CT molecular complexity index is 1420. The summed E-state index contributed by atoms with van der Waals surface area (Å²) >= 11 is 7.53. The number of aryl methyl sites for hydroxylation is 2. The SMILES string of the molecule is CCCCc1ccc(-c2cc3c4c(c(-c5ccc(CCCC)s5)cc5c4c2SC(C)=N5)SC(C)=N3)s1. The number of hydrogen-bond acceptors (Lipinski definition) is 6. The van der Waals surface area contributed by atoms with Gasteiger partial charge in [0.15, 0.2) is 0 Å². The quantitative estimate of drug-likeness (QED) is 0.219. The van der Waals surface area contributed by atoms with Gasteiger partial charge in [0.1, 0.15) is 0 Å². The number of hydrogen-bond donors (Lipinski definition) is 0. The van der Waals surface area contributed by atoms with Crippen LogP contribution >= 0.6 is 46.2 Å². The largest absolute Gasteiger partial charge is 0.246 e. The van der Waals surface area contributed by atoms with Crippen LogP contribution in [0, 0.1) is 0 Å². The molecule has 2 aliphatic heterocycles. The van der Waals surface area contributed by atoms with Crippen molar-refractivity contribution in [2.75, 3.05) is 0 Å². The summed E-state index contributed by atoms with van der Waals surface area (Å²) < 4.78 is 0. The highest BCUT2D eigenvalue weighted by Crippen LogP contribution is 2.56. The number of aliphatic imine (C=N–C) groups is 2. The Morgan fingerprint density at radius 3 is 1.50 bits per heavy atom. The molecule has 0 fully saturated rings. The highest BCUT2D eigenvalue weighted by atomic mass is 32.2. The van der Waals surface area contributed by atoms with Crippen LogP contribution in [0.4, 0.5) is 11.4 Å². The number of nitrogens with zero attached hydrogens (tertiary/aromatic N) is 2. The Hall–Kier alpha value is -1.86. The van der Waals surface area contributed by atoms with Gasteiger partial charge in [-0.05, 0) is 75.9 Å². The third-order valence-corrected chi connectivity index (χ3v) is 11.1. The summed E-state index contributed by atoms with van der Waals surface area (Å²) in [5.74, 6) is 0. The first kappa shape index (κ1) is 24.5. The zero-order valence-corrected chi connectivity index (χ0v) is 24.5. The van der Waals surface area contributed by atoms with Gasteiger partial charge in [-0.25, -0.2) is 9.98 Å². The van der Waals surface area contributed by atoms with E-state index in [9.17, 15) is 0 Å². The van der Waals surface area contributed by atoms with Gasteiger partial charge in [0, 0.05) is 51.2 Å². The van der Waals surface area contributed by atoms with E-state index in [0.29, 0.717) is 0 Å². The van der Waals surface area contributed by atoms with Gasteiger partial charge in [0.05, 0.1) is 21.5 Å². The Labute approximate surface area is 230 Å². The molecule has 0 unspecified atom stereocenters. The normalized spacial score (nSPS) is 14.3. The summed E-state index contributed by atoms with van der Waals surface area (Å²) in [4.78, 5) is 18.5. The average molecular weight is 547 g/mol. The Morgan fingerprint density at radius 1 is 0.639 bits per heavy atom. The smallest absolute Gasteiger partial charge is 0.0755 e. The number of benzene rings is 2. The van der Waals surface area contributed by atoms with Crippen LogP contribution in [-0.2, 0) is 12.8 Å². The highest BCUT2D eigenvalue weighted by molar-refractivity contribution is 8.14. The summed E-state index contributed by atoms with van der Waals surface area (Å²) in [6.45, 7) is 8.81. The lowest BCUT2D eigenvalue weighted by molar-refractivity contribution is 0.804. The van der Waals surface area contributed by atoms with Crippen molar-refractivity contribution in [3.63, 3.8) is 0 Å². The lowest BCUT2D eigenvalue weighted by Crippen LogP contribution is -2.00. The van der Waals surface area contributed by atoms with Crippen LogP contribution in [0.5, 0.6) is 0 Å². The van der Waals surface area contributed by atoms with E-state index in [1.54, 1.807) is 0 Å². The molecule has 2 aromatic heterocycles. The molecule has 0 bridgehead atoms. The number of unbranched alkanes of at least 4 members (excludes halogenated alkanes) is 2. The van der Waals surface area contributed by atoms with Crippen LogP contribution in [-0.4, -0.2) is 10.1 Å². The minimum Gasteiger partial charge on any atom is -0.246 e. The first-order chi connectivity index (χ1) is 17.6. The minimum atomic E-state index is 1.10. The predicted octanol–water partition coefficient (Wildman–Crippen LogP) is 11.3. The fraction of sp³-hybridized carbons (Fsp3) is 0.333. The maximum Gasteiger partial charge on any atom is 0.0755 e. The molecule has 0 spiro atoms. The second-order valence-electron chi connectivity index (χ2n) is 9.50. The summed E-state index contributed by atoms with van der Waals surface area (Å²) in [6, 6.07) is 14.0. The fourth-order valence-corrected chi connectivity index (χ4v) is 9.31. The van der Waals surface area contributed by atoms with E-state index in [-0.39, 0.29) is 0 Å². The zero-order valence-electron chi connectivity index (χ0n) is 21.2. The van der Waals surface area contributed by atoms with E-state index in [2.05, 4.69) is 64.1 Å². The van der Waals surface area contributed by atoms with E-state index in [4.69, 9.17) is 9.98 Å². The molecule has 4 heterocycles. The van der Waals surface area contributed by atoms with Gasteiger partial charge in [0.25, 0.3) is 0 Å². The molecule has 184 valence electrons. The summed E-state index contributed by atoms with van der Waals surface area (Å²) in [5.41, 5.74) is 4.82. The van der Waals surface area contributed by atoms with Gasteiger partial charge < -0.3 is 0 Å². The lowest BCUT2D eigenvalue weighted by Gasteiger charge is -2.25. The molecule has 0 radical (unpaired) electrons. The summed E-state index contributed by atoms with van der Waals surface area (Å²) in [6.07, 6.45) is 7.28. The van der Waals surface area contributed by atoms with Crippen LogP contribution in [0.15, 0.2) is 56.2 Å². The molecule has 0 saturated carbocycles. The van der Waals surface area contributed by atoms with E-state index < -0.39 is 0 Å². The molecule has 2 nitrogen and oxygen atoms in total. The van der Waals surface area contributed by atoms with Crippen LogP contribution < -0.4 is 0 Å². The van der Waals surface area contributed by atoms with Gasteiger partial charge in [0.2, 0.25) is 0 Å². The second kappa shape index (κ2) is 10.1. The molecular weight excluding hydrogens is 517 g/mol. The second-order valence-corrected chi connectivity index (χ2v) is 14.2. The molecular formula is C30H30N2S4. The van der Waals surface area contributed by atoms with Crippen molar-refractivity contribution in [1.82, 2.24) is 0 Å². The van der Waals surface area contributed by atoms with Crippen LogP contribution in [0.1, 0.15) is 63.1 Å². The molecule has 2 aliphatic rings. The Balaban J connectivity index is 1.57. The van der Waals surface area contributed by atoms with Crippen molar-refractivity contribution in [1.29, 1.82) is 0 Å². The van der Waals surface area contributed by atoms with Gasteiger partial charge in [-0.3, -0.25) is 0 Å². The van der Waals surface area contributed by atoms with Crippen molar-refractivity contribution in [2.45, 2.75) is 76.0 Å². The first-order valence-corrected chi connectivity index (χ1v) is 16.1. The van der Waals surface area contributed by atoms with E-state index in [1.807, 2.05) is 46.2 Å². The highest BCUT2D eigenvalue weighted by Gasteiger charge is 2.28. The van der Waals surface area contributed by atoms with Gasteiger partial charge in [-0.1, -0.05) is 50.2 Å². The fourth-order valence-electron chi connectivity index (χ4n) is 4.98. The predicted molar refractivity (Wildman–Crippen MR) is 165 cm³/mol. The van der Waals surface area contributed by atoms with Gasteiger partial charge in [-0.2, -0.15) is 0 Å². The summed E-state index contributed by atoms with van der Waals surface area (Å²) in [5, 5.41) is 4.79. The number of thiophene rings is 2. The zero-order chi connectivity index (χ0) is 24.8. The van der Waals surface area contributed by atoms with E-state index >= 15 is 0 Å². The standard InChI is InChI=1S/C30H30N2S4/c1-5-7-9-19-11-13-25(35-19)21-15-23-28-27-24(32-17(3)33-29(21)27)16-22(30(28)34-18(4)31-23)26-14-12-20(36-26)10-8-6-2/h11-16H,5-10H2,1-4H3. The van der Waals surface area contributed by atoms with E-state index in [1.165, 1.54) is 76.9 Å². The lowest BCUT2D eigenvalue weighted by atomic mass is 9.98. The molecule has 0 atom stereocenters. The van der Waals surface area contributed by atoms with Crippen LogP contribution in [0.3, 0.4) is 0 Å².